The van der Waals surface area contributed by atoms with Crippen molar-refractivity contribution in [2.75, 3.05) is 13.1 Å². The Hall–Kier alpha value is -1.20. The minimum Gasteiger partial charge on any atom is -0.333 e. The van der Waals surface area contributed by atoms with Crippen molar-refractivity contribution in [3.63, 3.8) is 0 Å². The summed E-state index contributed by atoms with van der Waals surface area (Å²) in [6.45, 7) is 4.61. The van der Waals surface area contributed by atoms with Crippen molar-refractivity contribution in [1.82, 2.24) is 14.9 Å². The van der Waals surface area contributed by atoms with Crippen molar-refractivity contribution in [1.29, 1.82) is 0 Å². The van der Waals surface area contributed by atoms with Crippen LogP contribution in [0, 0.1) is 5.82 Å². The molecular formula is C15H19BrFN3. The molecule has 2 aromatic rings. The van der Waals surface area contributed by atoms with Crippen LogP contribution in [0.3, 0.4) is 0 Å². The monoisotopic (exact) mass is 339 g/mol. The molecule has 0 unspecified atom stereocenters. The second-order valence-corrected chi connectivity index (χ2v) is 5.69. The number of rotatable bonds is 7. The molecule has 0 aliphatic heterocycles. The SMILES string of the molecule is CCCNCCc1cn(Cc2cc(Br)ccc2F)cn1. The zero-order valence-electron chi connectivity index (χ0n) is 11.6. The highest BCUT2D eigenvalue weighted by Crippen LogP contribution is 2.16. The number of halogens is 2. The van der Waals surface area contributed by atoms with Crippen molar-refractivity contribution < 1.29 is 4.39 Å². The molecule has 2 rings (SSSR count). The van der Waals surface area contributed by atoms with Crippen molar-refractivity contribution in [2.24, 2.45) is 0 Å². The molecule has 0 radical (unpaired) electrons. The molecule has 0 aliphatic carbocycles. The maximum atomic E-state index is 13.7. The second kappa shape index (κ2) is 7.55. The summed E-state index contributed by atoms with van der Waals surface area (Å²) in [4.78, 5) is 4.35. The lowest BCUT2D eigenvalue weighted by Gasteiger charge is -2.04. The second-order valence-electron chi connectivity index (χ2n) is 4.77. The lowest BCUT2D eigenvalue weighted by molar-refractivity contribution is 0.599. The van der Waals surface area contributed by atoms with Gasteiger partial charge in [0.25, 0.3) is 0 Å². The van der Waals surface area contributed by atoms with Gasteiger partial charge in [0.1, 0.15) is 5.82 Å². The third kappa shape index (κ3) is 4.42. The number of hydrogen-bond acceptors (Lipinski definition) is 2. The largest absolute Gasteiger partial charge is 0.333 e. The van der Waals surface area contributed by atoms with E-state index in [9.17, 15) is 4.39 Å². The van der Waals surface area contributed by atoms with E-state index in [0.29, 0.717) is 12.1 Å². The Bertz CT molecular complexity index is 554. The maximum Gasteiger partial charge on any atom is 0.128 e. The molecule has 0 amide bonds. The van der Waals surface area contributed by atoms with Crippen LogP contribution in [0.25, 0.3) is 0 Å². The maximum absolute atomic E-state index is 13.7. The zero-order valence-corrected chi connectivity index (χ0v) is 13.2. The first-order valence-electron chi connectivity index (χ1n) is 6.84. The Labute approximate surface area is 127 Å². The van der Waals surface area contributed by atoms with Gasteiger partial charge in [0.2, 0.25) is 0 Å². The van der Waals surface area contributed by atoms with Crippen molar-refractivity contribution in [2.45, 2.75) is 26.3 Å². The normalized spacial score (nSPS) is 10.9. The molecule has 3 nitrogen and oxygen atoms in total. The topological polar surface area (TPSA) is 29.9 Å². The average Bonchev–Trinajstić information content (AvgIpc) is 2.87. The number of nitrogens with one attached hydrogen (secondary N) is 1. The molecule has 1 aromatic heterocycles. The Morgan fingerprint density at radius 1 is 1.35 bits per heavy atom. The van der Waals surface area contributed by atoms with Gasteiger partial charge in [-0.1, -0.05) is 22.9 Å². The van der Waals surface area contributed by atoms with Gasteiger partial charge in [-0.15, -0.1) is 0 Å². The molecule has 20 heavy (non-hydrogen) atoms. The van der Waals surface area contributed by atoms with Crippen molar-refractivity contribution in [3.8, 4) is 0 Å². The lowest BCUT2D eigenvalue weighted by atomic mass is 10.2. The van der Waals surface area contributed by atoms with Crippen LogP contribution < -0.4 is 5.32 Å². The Morgan fingerprint density at radius 2 is 2.20 bits per heavy atom. The summed E-state index contributed by atoms with van der Waals surface area (Å²) in [5.41, 5.74) is 1.69. The summed E-state index contributed by atoms with van der Waals surface area (Å²) in [6, 6.07) is 4.99. The fraction of sp³-hybridized carbons (Fsp3) is 0.400. The van der Waals surface area contributed by atoms with Gasteiger partial charge < -0.3 is 9.88 Å². The molecule has 0 aliphatic rings. The molecule has 1 heterocycles. The Balaban J connectivity index is 1.93. The smallest absolute Gasteiger partial charge is 0.128 e. The van der Waals surface area contributed by atoms with Gasteiger partial charge in [-0.3, -0.25) is 0 Å². The summed E-state index contributed by atoms with van der Waals surface area (Å²) < 4.78 is 16.5. The van der Waals surface area contributed by atoms with E-state index in [2.05, 4.69) is 33.2 Å². The van der Waals surface area contributed by atoms with Gasteiger partial charge in [-0.2, -0.15) is 0 Å². The minimum atomic E-state index is -0.187. The van der Waals surface area contributed by atoms with Crippen LogP contribution >= 0.6 is 15.9 Å². The van der Waals surface area contributed by atoms with E-state index in [1.54, 1.807) is 18.5 Å². The minimum absolute atomic E-state index is 0.187. The molecule has 5 heteroatoms. The third-order valence-corrected chi connectivity index (χ3v) is 3.53. The molecule has 0 saturated heterocycles. The van der Waals surface area contributed by atoms with Crippen LogP contribution in [0.5, 0.6) is 0 Å². The standard InChI is InChI=1S/C15H19BrFN3/c1-2-6-18-7-5-14-10-20(11-19-14)9-12-8-13(16)3-4-15(12)17/h3-4,8,10-11,18H,2,5-7,9H2,1H3. The van der Waals surface area contributed by atoms with Gasteiger partial charge in [-0.05, 0) is 31.2 Å². The molecule has 0 atom stereocenters. The fourth-order valence-corrected chi connectivity index (χ4v) is 2.41. The molecule has 1 aromatic carbocycles. The van der Waals surface area contributed by atoms with Crippen LogP contribution in [0.2, 0.25) is 0 Å². The summed E-state index contributed by atoms with van der Waals surface area (Å²) >= 11 is 3.36. The van der Waals surface area contributed by atoms with Crippen molar-refractivity contribution in [3.05, 3.63) is 52.3 Å². The predicted octanol–water partition coefficient (Wildman–Crippen LogP) is 3.38. The molecule has 0 bridgehead atoms. The highest BCUT2D eigenvalue weighted by Gasteiger charge is 2.05. The summed E-state index contributed by atoms with van der Waals surface area (Å²) in [5, 5.41) is 3.34. The number of nitrogens with zero attached hydrogens (tertiary/aromatic N) is 2. The molecule has 108 valence electrons. The van der Waals surface area contributed by atoms with E-state index in [0.717, 1.165) is 36.1 Å². The first kappa shape index (κ1) is 15.2. The summed E-state index contributed by atoms with van der Waals surface area (Å²) in [7, 11) is 0. The summed E-state index contributed by atoms with van der Waals surface area (Å²) in [5.74, 6) is -0.187. The first-order valence-corrected chi connectivity index (χ1v) is 7.63. The van der Waals surface area contributed by atoms with Crippen LogP contribution in [-0.4, -0.2) is 22.6 Å². The number of imidazole rings is 1. The fourth-order valence-electron chi connectivity index (χ4n) is 2.00. The highest BCUT2D eigenvalue weighted by atomic mass is 79.9. The Kier molecular flexibility index (Phi) is 5.73. The van der Waals surface area contributed by atoms with Crippen LogP contribution in [0.1, 0.15) is 24.6 Å². The van der Waals surface area contributed by atoms with Gasteiger partial charge in [0.05, 0.1) is 18.6 Å². The zero-order chi connectivity index (χ0) is 14.4. The van der Waals surface area contributed by atoms with Crippen LogP contribution in [-0.2, 0) is 13.0 Å². The predicted molar refractivity (Wildman–Crippen MR) is 82.3 cm³/mol. The van der Waals surface area contributed by atoms with E-state index < -0.39 is 0 Å². The number of benzene rings is 1. The van der Waals surface area contributed by atoms with E-state index in [-0.39, 0.29) is 5.82 Å². The summed E-state index contributed by atoms with van der Waals surface area (Å²) in [6.07, 6.45) is 5.77. The average molecular weight is 340 g/mol. The van der Waals surface area contributed by atoms with Gasteiger partial charge in [0.15, 0.2) is 0 Å². The lowest BCUT2D eigenvalue weighted by Crippen LogP contribution is -2.17. The van der Waals surface area contributed by atoms with E-state index >= 15 is 0 Å². The van der Waals surface area contributed by atoms with Crippen molar-refractivity contribution >= 4 is 15.9 Å². The molecule has 0 saturated carbocycles. The van der Waals surface area contributed by atoms with Crippen LogP contribution in [0.15, 0.2) is 35.2 Å². The molecular weight excluding hydrogens is 321 g/mol. The molecule has 0 spiro atoms. The Morgan fingerprint density at radius 3 is 3.00 bits per heavy atom. The van der Waals surface area contributed by atoms with Gasteiger partial charge >= 0.3 is 0 Å². The third-order valence-electron chi connectivity index (χ3n) is 3.03. The quantitative estimate of drug-likeness (QED) is 0.783. The van der Waals surface area contributed by atoms with Gasteiger partial charge in [0, 0.05) is 29.2 Å². The van der Waals surface area contributed by atoms with E-state index in [1.165, 1.54) is 6.07 Å². The van der Waals surface area contributed by atoms with Crippen LogP contribution in [0.4, 0.5) is 4.39 Å². The number of hydrogen-bond donors (Lipinski definition) is 1. The molecule has 1 N–H and O–H groups in total. The van der Waals surface area contributed by atoms with Gasteiger partial charge in [-0.25, -0.2) is 9.37 Å². The van der Waals surface area contributed by atoms with E-state index in [4.69, 9.17) is 0 Å². The highest BCUT2D eigenvalue weighted by molar-refractivity contribution is 9.10. The number of aromatic nitrogens is 2. The first-order chi connectivity index (χ1) is 9.69. The molecule has 0 fully saturated rings. The van der Waals surface area contributed by atoms with E-state index in [1.807, 2.05) is 10.8 Å².